The van der Waals surface area contributed by atoms with Crippen molar-refractivity contribution in [2.24, 2.45) is 9.50 Å². The van der Waals surface area contributed by atoms with Crippen LogP contribution in [0.1, 0.15) is 36.3 Å². The number of hydrogen-bond donors (Lipinski definition) is 0. The van der Waals surface area contributed by atoms with Crippen LogP contribution in [0.15, 0.2) is 58.0 Å². The third-order valence-corrected chi connectivity index (χ3v) is 7.27. The molecule has 7 nitrogen and oxygen atoms in total. The Labute approximate surface area is 193 Å². The summed E-state index contributed by atoms with van der Waals surface area (Å²) in [6.07, 6.45) is 4.00. The molecule has 1 atom stereocenters. The molecular formula is C22H25ClFN5O2S. The minimum absolute atomic E-state index is 0.207. The van der Waals surface area contributed by atoms with E-state index in [2.05, 4.69) is 4.40 Å². The van der Waals surface area contributed by atoms with Gasteiger partial charge in [0, 0.05) is 25.2 Å². The number of rotatable bonds is 6. The fraction of sp³-hybridized carbons (Fsp3) is 0.364. The average Bonchev–Trinajstić information content (AvgIpc) is 3.24. The first-order valence-corrected chi connectivity index (χ1v) is 12.3. The van der Waals surface area contributed by atoms with Crippen molar-refractivity contribution in [2.45, 2.75) is 25.2 Å². The van der Waals surface area contributed by atoms with E-state index in [4.69, 9.17) is 16.7 Å². The number of hydrogen-bond acceptors (Lipinski definition) is 4. The van der Waals surface area contributed by atoms with Gasteiger partial charge in [0.1, 0.15) is 12.2 Å². The Balaban J connectivity index is 1.58. The molecule has 2 aromatic carbocycles. The minimum Gasteiger partial charge on any atom is -0.261 e. The summed E-state index contributed by atoms with van der Waals surface area (Å²) in [5, 5.41) is 8.48. The fourth-order valence-corrected chi connectivity index (χ4v) is 5.13. The Bertz CT molecular complexity index is 1120. The van der Waals surface area contributed by atoms with E-state index in [1.165, 1.54) is 27.8 Å². The van der Waals surface area contributed by atoms with Gasteiger partial charge in [0.15, 0.2) is 0 Å². The van der Waals surface area contributed by atoms with Crippen LogP contribution in [0.2, 0.25) is 5.02 Å². The van der Waals surface area contributed by atoms with Crippen LogP contribution in [0.25, 0.3) is 0 Å². The van der Waals surface area contributed by atoms with Crippen LogP contribution < -0.4 is 0 Å². The van der Waals surface area contributed by atoms with Gasteiger partial charge in [0.2, 0.25) is 0 Å². The molecule has 1 fully saturated rings. The minimum atomic E-state index is -3.73. The Morgan fingerprint density at radius 3 is 2.56 bits per heavy atom. The fourth-order valence-electron chi connectivity index (χ4n) is 3.90. The molecule has 4 rings (SSSR count). The number of benzene rings is 2. The van der Waals surface area contributed by atoms with Crippen LogP contribution in [0.4, 0.5) is 4.39 Å². The molecule has 2 aromatic rings. The van der Waals surface area contributed by atoms with Crippen molar-refractivity contribution in [1.82, 2.24) is 14.4 Å². The van der Waals surface area contributed by atoms with Crippen molar-refractivity contribution in [3.63, 3.8) is 0 Å². The predicted molar refractivity (Wildman–Crippen MR) is 124 cm³/mol. The Morgan fingerprint density at radius 2 is 1.88 bits per heavy atom. The lowest BCUT2D eigenvalue weighted by molar-refractivity contribution is 0.0919. The Kier molecular flexibility index (Phi) is 6.78. The molecule has 2 aliphatic heterocycles. The van der Waals surface area contributed by atoms with Gasteiger partial charge < -0.3 is 0 Å². The number of halogens is 2. The standard InChI is InChI=1S/C22H25ClFN5O2S/c1-27(16-25-32(30,31)28-12-3-2-4-13-28)29-15-21(18-6-5-7-20(24)14-18)22(26-29)17-8-10-19(23)11-9-17/h5-11,14,16,21H,2-4,12-13,15H2,1H3. The lowest BCUT2D eigenvalue weighted by atomic mass is 9.91. The van der Waals surface area contributed by atoms with Crippen LogP contribution in [-0.2, 0) is 10.2 Å². The summed E-state index contributed by atoms with van der Waals surface area (Å²) in [6, 6.07) is 13.7. The largest absolute Gasteiger partial charge is 0.323 e. The molecule has 0 aromatic heterocycles. The summed E-state index contributed by atoms with van der Waals surface area (Å²) >= 11 is 6.03. The lowest BCUT2D eigenvalue weighted by Gasteiger charge is -2.26. The summed E-state index contributed by atoms with van der Waals surface area (Å²) in [5.41, 5.74) is 2.39. The number of nitrogens with zero attached hydrogens (tertiary/aromatic N) is 5. The molecule has 2 heterocycles. The highest BCUT2D eigenvalue weighted by molar-refractivity contribution is 7.87. The summed E-state index contributed by atoms with van der Waals surface area (Å²) in [7, 11) is -2.04. The maximum Gasteiger partial charge on any atom is 0.323 e. The van der Waals surface area contributed by atoms with Gasteiger partial charge in [-0.05, 0) is 48.2 Å². The third kappa shape index (κ3) is 5.11. The molecule has 1 unspecified atom stereocenters. The van der Waals surface area contributed by atoms with Crippen molar-refractivity contribution in [2.75, 3.05) is 26.7 Å². The second-order valence-corrected chi connectivity index (χ2v) is 9.95. The summed E-state index contributed by atoms with van der Waals surface area (Å²) in [6.45, 7) is 1.40. The highest BCUT2D eigenvalue weighted by Gasteiger charge is 2.31. The summed E-state index contributed by atoms with van der Waals surface area (Å²) in [4.78, 5) is 0. The maximum absolute atomic E-state index is 13.9. The van der Waals surface area contributed by atoms with Crippen LogP contribution in [-0.4, -0.2) is 61.6 Å². The highest BCUT2D eigenvalue weighted by Crippen LogP contribution is 2.30. The average molecular weight is 478 g/mol. The van der Waals surface area contributed by atoms with Crippen LogP contribution in [0.3, 0.4) is 0 Å². The van der Waals surface area contributed by atoms with Gasteiger partial charge >= 0.3 is 10.2 Å². The molecule has 0 saturated carbocycles. The molecule has 0 aliphatic carbocycles. The summed E-state index contributed by atoms with van der Waals surface area (Å²) < 4.78 is 44.3. The van der Waals surface area contributed by atoms with E-state index in [-0.39, 0.29) is 11.7 Å². The molecule has 0 radical (unpaired) electrons. The van der Waals surface area contributed by atoms with Crippen molar-refractivity contribution < 1.29 is 12.8 Å². The van der Waals surface area contributed by atoms with Gasteiger partial charge in [-0.15, -0.1) is 4.40 Å². The zero-order chi connectivity index (χ0) is 22.7. The topological polar surface area (TPSA) is 68.6 Å². The predicted octanol–water partition coefficient (Wildman–Crippen LogP) is 3.89. The first-order chi connectivity index (χ1) is 15.3. The Hall–Kier alpha value is -2.49. The molecular weight excluding hydrogens is 453 g/mol. The van der Waals surface area contributed by atoms with Gasteiger partial charge in [-0.25, -0.2) is 9.51 Å². The molecule has 1 saturated heterocycles. The van der Waals surface area contributed by atoms with E-state index in [9.17, 15) is 12.8 Å². The van der Waals surface area contributed by atoms with E-state index in [0.717, 1.165) is 36.1 Å². The normalized spacial score (nSPS) is 20.0. The maximum atomic E-state index is 13.9. The number of piperidine rings is 1. The summed E-state index contributed by atoms with van der Waals surface area (Å²) in [5.74, 6) is -0.527. The molecule has 170 valence electrons. The molecule has 2 aliphatic rings. The molecule has 10 heteroatoms. The second-order valence-electron chi connectivity index (χ2n) is 7.89. The number of hydrazine groups is 1. The monoisotopic (exact) mass is 477 g/mol. The van der Waals surface area contributed by atoms with Gasteiger partial charge in [0.05, 0.1) is 18.2 Å². The van der Waals surface area contributed by atoms with E-state index in [0.29, 0.717) is 24.7 Å². The van der Waals surface area contributed by atoms with Crippen molar-refractivity contribution in [3.8, 4) is 0 Å². The van der Waals surface area contributed by atoms with Crippen LogP contribution in [0.5, 0.6) is 0 Å². The van der Waals surface area contributed by atoms with Crippen molar-refractivity contribution in [1.29, 1.82) is 0 Å². The van der Waals surface area contributed by atoms with Gasteiger partial charge in [-0.2, -0.15) is 17.8 Å². The number of hydrazone groups is 1. The first-order valence-electron chi connectivity index (χ1n) is 10.5. The van der Waals surface area contributed by atoms with Crippen molar-refractivity contribution in [3.05, 3.63) is 70.5 Å². The quantitative estimate of drug-likeness (QED) is 0.467. The first kappa shape index (κ1) is 22.7. The third-order valence-electron chi connectivity index (χ3n) is 5.64. The Morgan fingerprint density at radius 1 is 1.16 bits per heavy atom. The zero-order valence-corrected chi connectivity index (χ0v) is 19.3. The highest BCUT2D eigenvalue weighted by atomic mass is 35.5. The van der Waals surface area contributed by atoms with Gasteiger partial charge in [0.25, 0.3) is 0 Å². The second kappa shape index (κ2) is 9.56. The van der Waals surface area contributed by atoms with E-state index in [1.54, 1.807) is 30.4 Å². The lowest BCUT2D eigenvalue weighted by Crippen LogP contribution is -2.37. The molecule has 0 spiro atoms. The van der Waals surface area contributed by atoms with Gasteiger partial charge in [-0.1, -0.05) is 42.3 Å². The molecule has 32 heavy (non-hydrogen) atoms. The zero-order valence-electron chi connectivity index (χ0n) is 17.7. The van der Waals surface area contributed by atoms with Crippen LogP contribution >= 0.6 is 11.6 Å². The van der Waals surface area contributed by atoms with E-state index in [1.807, 2.05) is 18.2 Å². The van der Waals surface area contributed by atoms with Crippen LogP contribution in [0, 0.1) is 5.82 Å². The molecule has 0 amide bonds. The molecule has 0 bridgehead atoms. The van der Waals surface area contributed by atoms with Crippen molar-refractivity contribution >= 4 is 33.9 Å². The van der Waals surface area contributed by atoms with Gasteiger partial charge in [-0.3, -0.25) is 5.01 Å². The molecule has 0 N–H and O–H groups in total. The SMILES string of the molecule is CN(C=NS(=O)(=O)N1CCCCC1)N1CC(c2cccc(F)c2)C(c2ccc(Cl)cc2)=N1. The smallest absolute Gasteiger partial charge is 0.261 e. The van der Waals surface area contributed by atoms with E-state index < -0.39 is 10.2 Å². The van der Waals surface area contributed by atoms with E-state index >= 15 is 0 Å².